The molecule has 3 atom stereocenters. The minimum Gasteiger partial charge on any atom is -0.467 e. The Morgan fingerprint density at radius 1 is 1.36 bits per heavy atom. The second-order valence-corrected chi connectivity index (χ2v) is 6.43. The van der Waals surface area contributed by atoms with Crippen LogP contribution in [-0.4, -0.2) is 59.6 Å². The van der Waals surface area contributed by atoms with E-state index < -0.39 is 30.1 Å². The van der Waals surface area contributed by atoms with Crippen LogP contribution < -0.4 is 5.32 Å². The lowest BCUT2D eigenvalue weighted by Crippen LogP contribution is -2.51. The average Bonchev–Trinajstić information content (AvgIpc) is 2.97. The number of carbonyl (C=O) groups excluding carboxylic acids is 3. The third-order valence-electron chi connectivity index (χ3n) is 4.14. The molecule has 1 fully saturated rings. The van der Waals surface area contributed by atoms with Crippen LogP contribution in [0.2, 0.25) is 5.02 Å². The summed E-state index contributed by atoms with van der Waals surface area (Å²) in [5, 5.41) is 12.9. The molecule has 2 N–H and O–H groups in total. The number of hydrogen-bond donors (Lipinski definition) is 2. The predicted octanol–water partition coefficient (Wildman–Crippen LogP) is 0.522. The second kappa shape index (κ2) is 8.31. The molecule has 25 heavy (non-hydrogen) atoms. The van der Waals surface area contributed by atoms with Gasteiger partial charge in [0.05, 0.1) is 13.2 Å². The van der Waals surface area contributed by atoms with Gasteiger partial charge in [0.25, 0.3) is 0 Å². The highest BCUT2D eigenvalue weighted by atomic mass is 35.5. The highest BCUT2D eigenvalue weighted by Crippen LogP contribution is 2.19. The number of esters is 1. The lowest BCUT2D eigenvalue weighted by atomic mass is 10.0. The molecule has 1 aliphatic rings. The minimum atomic E-state index is -0.898. The number of aliphatic hydroxyl groups is 1. The smallest absolute Gasteiger partial charge is 0.328 e. The Hall–Kier alpha value is -2.12. The number of rotatable bonds is 5. The lowest BCUT2D eigenvalue weighted by molar-refractivity contribution is -0.146. The molecule has 136 valence electrons. The minimum absolute atomic E-state index is 0.105. The van der Waals surface area contributed by atoms with Crippen LogP contribution >= 0.6 is 11.6 Å². The summed E-state index contributed by atoms with van der Waals surface area (Å²) in [6.45, 7) is 1.44. The molecule has 0 saturated carbocycles. The van der Waals surface area contributed by atoms with Crippen molar-refractivity contribution in [3.8, 4) is 0 Å². The van der Waals surface area contributed by atoms with Gasteiger partial charge in [0.15, 0.2) is 0 Å². The van der Waals surface area contributed by atoms with Crippen molar-refractivity contribution in [2.24, 2.45) is 0 Å². The Bertz CT molecular complexity index is 649. The third kappa shape index (κ3) is 4.93. The van der Waals surface area contributed by atoms with Crippen molar-refractivity contribution in [1.82, 2.24) is 10.2 Å². The standard InChI is InChI=1S/C17H21ClN2O5/c1-10(21)20-9-13(22)8-15(20)16(23)19-14(17(24)25-2)7-11-3-5-12(18)6-4-11/h3-6,13-15,22H,7-9H2,1-2H3,(H,19,23)/t13-,14-,15+/m1/s1. The van der Waals surface area contributed by atoms with Crippen LogP contribution in [0.3, 0.4) is 0 Å². The Morgan fingerprint density at radius 2 is 2.00 bits per heavy atom. The number of nitrogens with one attached hydrogen (secondary N) is 1. The van der Waals surface area contributed by atoms with Crippen LogP contribution in [0.4, 0.5) is 0 Å². The Morgan fingerprint density at radius 3 is 2.56 bits per heavy atom. The topological polar surface area (TPSA) is 95.9 Å². The summed E-state index contributed by atoms with van der Waals surface area (Å²) in [5.74, 6) is -1.38. The van der Waals surface area contributed by atoms with Crippen molar-refractivity contribution in [3.63, 3.8) is 0 Å². The number of hydrogen-bond acceptors (Lipinski definition) is 5. The summed E-state index contributed by atoms with van der Waals surface area (Å²) >= 11 is 5.85. The van der Waals surface area contributed by atoms with Crippen molar-refractivity contribution in [2.45, 2.75) is 38.0 Å². The van der Waals surface area contributed by atoms with E-state index >= 15 is 0 Å². The number of amides is 2. The maximum Gasteiger partial charge on any atom is 0.328 e. The molecule has 0 spiro atoms. The summed E-state index contributed by atoms with van der Waals surface area (Å²) in [7, 11) is 1.24. The number of carbonyl (C=O) groups is 3. The summed E-state index contributed by atoms with van der Waals surface area (Å²) in [6, 6.07) is 5.20. The van der Waals surface area contributed by atoms with E-state index in [-0.39, 0.29) is 25.3 Å². The van der Waals surface area contributed by atoms with E-state index in [2.05, 4.69) is 5.32 Å². The molecule has 1 aliphatic heterocycles. The number of halogens is 1. The van der Waals surface area contributed by atoms with Crippen LogP contribution in [0, 0.1) is 0 Å². The van der Waals surface area contributed by atoms with Gasteiger partial charge in [-0.25, -0.2) is 4.79 Å². The number of benzene rings is 1. The molecule has 0 aromatic heterocycles. The van der Waals surface area contributed by atoms with Gasteiger partial charge in [0, 0.05) is 31.3 Å². The molecule has 2 rings (SSSR count). The molecule has 1 saturated heterocycles. The van der Waals surface area contributed by atoms with Crippen molar-refractivity contribution >= 4 is 29.4 Å². The maximum atomic E-state index is 12.5. The van der Waals surface area contributed by atoms with Gasteiger partial charge >= 0.3 is 5.97 Å². The number of methoxy groups -OCH3 is 1. The van der Waals surface area contributed by atoms with Gasteiger partial charge in [-0.05, 0) is 17.7 Å². The first kappa shape index (κ1) is 19.2. The van der Waals surface area contributed by atoms with Crippen molar-refractivity contribution in [2.75, 3.05) is 13.7 Å². The van der Waals surface area contributed by atoms with Crippen LogP contribution in [0.25, 0.3) is 0 Å². The largest absolute Gasteiger partial charge is 0.467 e. The Labute approximate surface area is 150 Å². The van der Waals surface area contributed by atoms with Gasteiger partial charge in [-0.15, -0.1) is 0 Å². The number of aliphatic hydroxyl groups excluding tert-OH is 1. The highest BCUT2D eigenvalue weighted by Gasteiger charge is 2.38. The molecule has 0 bridgehead atoms. The van der Waals surface area contributed by atoms with E-state index in [0.29, 0.717) is 5.02 Å². The molecule has 1 aromatic carbocycles. The molecular formula is C17H21ClN2O5. The fourth-order valence-corrected chi connectivity index (χ4v) is 3.00. The molecule has 0 unspecified atom stereocenters. The van der Waals surface area contributed by atoms with E-state index in [9.17, 15) is 19.5 Å². The van der Waals surface area contributed by atoms with Gasteiger partial charge in [0.1, 0.15) is 12.1 Å². The van der Waals surface area contributed by atoms with Crippen LogP contribution in [0.5, 0.6) is 0 Å². The molecular weight excluding hydrogens is 348 g/mol. The molecule has 7 nitrogen and oxygen atoms in total. The van der Waals surface area contributed by atoms with Crippen LogP contribution in [-0.2, 0) is 25.5 Å². The predicted molar refractivity (Wildman–Crippen MR) is 90.9 cm³/mol. The van der Waals surface area contributed by atoms with Crippen molar-refractivity contribution in [1.29, 1.82) is 0 Å². The lowest BCUT2D eigenvalue weighted by Gasteiger charge is -2.24. The number of likely N-dealkylation sites (tertiary alicyclic amines) is 1. The van der Waals surface area contributed by atoms with E-state index in [0.717, 1.165) is 5.56 Å². The number of ether oxygens (including phenoxy) is 1. The Balaban J connectivity index is 2.10. The first-order chi connectivity index (χ1) is 11.8. The quantitative estimate of drug-likeness (QED) is 0.739. The van der Waals surface area contributed by atoms with E-state index in [1.165, 1.54) is 18.9 Å². The fraction of sp³-hybridized carbons (Fsp3) is 0.471. The molecule has 1 aromatic rings. The first-order valence-corrected chi connectivity index (χ1v) is 8.27. The van der Waals surface area contributed by atoms with Gasteiger partial charge in [-0.3, -0.25) is 9.59 Å². The molecule has 0 radical (unpaired) electrons. The van der Waals surface area contributed by atoms with Gasteiger partial charge in [0.2, 0.25) is 11.8 Å². The number of nitrogens with zero attached hydrogens (tertiary/aromatic N) is 1. The summed E-state index contributed by atoms with van der Waals surface area (Å²) in [5.41, 5.74) is 0.801. The third-order valence-corrected chi connectivity index (χ3v) is 4.39. The molecule has 0 aliphatic carbocycles. The first-order valence-electron chi connectivity index (χ1n) is 7.89. The van der Waals surface area contributed by atoms with E-state index in [4.69, 9.17) is 16.3 Å². The van der Waals surface area contributed by atoms with Crippen LogP contribution in [0.15, 0.2) is 24.3 Å². The van der Waals surface area contributed by atoms with Crippen molar-refractivity contribution < 1.29 is 24.2 Å². The fourth-order valence-electron chi connectivity index (χ4n) is 2.87. The van der Waals surface area contributed by atoms with Crippen LogP contribution in [0.1, 0.15) is 18.9 Å². The molecule has 2 amide bonds. The highest BCUT2D eigenvalue weighted by molar-refractivity contribution is 6.30. The maximum absolute atomic E-state index is 12.5. The molecule has 1 heterocycles. The van der Waals surface area contributed by atoms with E-state index in [1.807, 2.05) is 0 Å². The molecule has 8 heteroatoms. The monoisotopic (exact) mass is 368 g/mol. The Kier molecular flexibility index (Phi) is 6.39. The van der Waals surface area contributed by atoms with Crippen molar-refractivity contribution in [3.05, 3.63) is 34.9 Å². The zero-order valence-electron chi connectivity index (χ0n) is 14.1. The summed E-state index contributed by atoms with van der Waals surface area (Å²) in [6.07, 6.45) is -0.391. The SMILES string of the molecule is COC(=O)[C@@H](Cc1ccc(Cl)cc1)NC(=O)[C@@H]1C[C@@H](O)CN1C(C)=O. The van der Waals surface area contributed by atoms with Gasteiger partial charge < -0.3 is 20.1 Å². The normalized spacial score (nSPS) is 20.9. The zero-order chi connectivity index (χ0) is 18.6. The zero-order valence-corrected chi connectivity index (χ0v) is 14.8. The number of β-amino-alcohol motifs (C(OH)–C–C–N with tert-alkyl or cyclic N) is 1. The summed E-state index contributed by atoms with van der Waals surface area (Å²) < 4.78 is 4.76. The van der Waals surface area contributed by atoms with Gasteiger partial charge in [-0.2, -0.15) is 0 Å². The van der Waals surface area contributed by atoms with E-state index in [1.54, 1.807) is 24.3 Å². The second-order valence-electron chi connectivity index (χ2n) is 5.99. The summed E-state index contributed by atoms with van der Waals surface area (Å²) in [4.78, 5) is 37.5. The van der Waals surface area contributed by atoms with Gasteiger partial charge in [-0.1, -0.05) is 23.7 Å². The average molecular weight is 369 g/mol.